The van der Waals surface area contributed by atoms with Crippen molar-refractivity contribution in [3.8, 4) is 0 Å². The van der Waals surface area contributed by atoms with Crippen molar-refractivity contribution in [1.82, 2.24) is 0 Å². The molecule has 0 N–H and O–H groups in total. The first-order chi connectivity index (χ1) is 16.5. The number of hydrogen-bond acceptors (Lipinski definition) is 0. The van der Waals surface area contributed by atoms with Crippen molar-refractivity contribution in [1.29, 1.82) is 0 Å². The largest absolute Gasteiger partial charge is 0.204 e. The van der Waals surface area contributed by atoms with E-state index in [-0.39, 0.29) is 0 Å². The van der Waals surface area contributed by atoms with Gasteiger partial charge in [-0.15, -0.1) is 0 Å². The Bertz CT molecular complexity index is 1350. The van der Waals surface area contributed by atoms with Crippen molar-refractivity contribution in [3.05, 3.63) is 160 Å². The minimum atomic E-state index is -0.958. The zero-order valence-electron chi connectivity index (χ0n) is 17.9. The van der Waals surface area contributed by atoms with Crippen molar-refractivity contribution >= 4 is 16.7 Å². The van der Waals surface area contributed by atoms with Crippen LogP contribution in [0, 0.1) is 23.3 Å². The second-order valence-corrected chi connectivity index (χ2v) is 7.90. The molecule has 0 aliphatic heterocycles. The smallest absolute Gasteiger partial charge is 0.159 e. The molecule has 0 amide bonds. The van der Waals surface area contributed by atoms with E-state index in [2.05, 4.69) is 0 Å². The molecule has 166 valence electrons. The molecular weight excluding hydrogens is 436 g/mol. The number of benzene rings is 4. The molecule has 0 fully saturated rings. The Hall–Kier alpha value is -4.18. The van der Waals surface area contributed by atoms with Crippen LogP contribution in [0.3, 0.4) is 0 Å². The molecule has 1 aliphatic rings. The molecule has 0 bridgehead atoms. The molecule has 0 radical (unpaired) electrons. The molecule has 1 aliphatic carbocycles. The van der Waals surface area contributed by atoms with Gasteiger partial charge in [-0.1, -0.05) is 84.9 Å². The maximum atomic E-state index is 14.2. The van der Waals surface area contributed by atoms with E-state index >= 15 is 0 Å². The van der Waals surface area contributed by atoms with E-state index in [1.807, 2.05) is 60.7 Å². The zero-order valence-corrected chi connectivity index (χ0v) is 17.9. The summed E-state index contributed by atoms with van der Waals surface area (Å²) >= 11 is 0. The summed E-state index contributed by atoms with van der Waals surface area (Å²) in [5, 5.41) is 0. The molecule has 4 heteroatoms. The standard InChI is InChI=1S/C30H18F4/c31-25-15-11-21(17-27(25)33)23-13-14-24(22-12-16-26(32)28(34)18-22)30(23)29(19-7-3-1-4-8-19)20-9-5-2-6-10-20/h1-18H. The van der Waals surface area contributed by atoms with Crippen LogP contribution >= 0.6 is 0 Å². The summed E-state index contributed by atoms with van der Waals surface area (Å²) in [4.78, 5) is 0. The fourth-order valence-electron chi connectivity index (χ4n) is 4.22. The molecule has 4 aromatic carbocycles. The monoisotopic (exact) mass is 454 g/mol. The zero-order chi connectivity index (χ0) is 23.7. The number of hydrogen-bond donors (Lipinski definition) is 0. The van der Waals surface area contributed by atoms with Gasteiger partial charge in [0.25, 0.3) is 0 Å². The maximum Gasteiger partial charge on any atom is 0.159 e. The highest BCUT2D eigenvalue weighted by Crippen LogP contribution is 2.46. The van der Waals surface area contributed by atoms with E-state index in [0.29, 0.717) is 22.3 Å². The molecule has 0 spiro atoms. The van der Waals surface area contributed by atoms with Gasteiger partial charge in [-0.2, -0.15) is 0 Å². The van der Waals surface area contributed by atoms with Crippen LogP contribution in [0.25, 0.3) is 16.7 Å². The molecule has 0 unspecified atom stereocenters. The Kier molecular flexibility index (Phi) is 5.72. The summed E-state index contributed by atoms with van der Waals surface area (Å²) in [7, 11) is 0. The van der Waals surface area contributed by atoms with Gasteiger partial charge in [0.05, 0.1) is 0 Å². The van der Waals surface area contributed by atoms with Gasteiger partial charge >= 0.3 is 0 Å². The first-order valence-electron chi connectivity index (χ1n) is 10.7. The lowest BCUT2D eigenvalue weighted by Crippen LogP contribution is -2.00. The van der Waals surface area contributed by atoms with Crippen LogP contribution in [0.15, 0.2) is 115 Å². The van der Waals surface area contributed by atoms with E-state index in [4.69, 9.17) is 0 Å². The van der Waals surface area contributed by atoms with E-state index in [0.717, 1.165) is 46.5 Å². The van der Waals surface area contributed by atoms with Gasteiger partial charge in [0, 0.05) is 0 Å². The quantitative estimate of drug-likeness (QED) is 0.273. The SMILES string of the molecule is Fc1ccc(C2=CC=C(c3ccc(F)c(F)c3)C2=C(c2ccccc2)c2ccccc2)cc1F. The molecule has 0 saturated carbocycles. The minimum absolute atomic E-state index is 0.479. The highest BCUT2D eigenvalue weighted by Gasteiger charge is 2.25. The summed E-state index contributed by atoms with van der Waals surface area (Å²) in [6.07, 6.45) is 3.59. The Labute approximate surface area is 194 Å². The van der Waals surface area contributed by atoms with Gasteiger partial charge in [-0.3, -0.25) is 0 Å². The maximum absolute atomic E-state index is 14.2. The molecule has 0 heterocycles. The molecule has 34 heavy (non-hydrogen) atoms. The van der Waals surface area contributed by atoms with Crippen molar-refractivity contribution in [2.75, 3.05) is 0 Å². The summed E-state index contributed by atoms with van der Waals surface area (Å²) < 4.78 is 55.8. The van der Waals surface area contributed by atoms with Crippen molar-refractivity contribution < 1.29 is 17.6 Å². The summed E-state index contributed by atoms with van der Waals surface area (Å²) in [5.41, 5.74) is 5.61. The predicted molar refractivity (Wildman–Crippen MR) is 128 cm³/mol. The number of halogens is 4. The van der Waals surface area contributed by atoms with E-state index in [1.165, 1.54) is 12.1 Å². The molecule has 0 saturated heterocycles. The summed E-state index contributed by atoms with van der Waals surface area (Å²) in [6, 6.07) is 26.8. The Morgan fingerprint density at radius 3 is 1.24 bits per heavy atom. The first kappa shape index (κ1) is 21.7. The van der Waals surface area contributed by atoms with Gasteiger partial charge in [-0.25, -0.2) is 17.6 Å². The van der Waals surface area contributed by atoms with Gasteiger partial charge in [-0.05, 0) is 68.8 Å². The van der Waals surface area contributed by atoms with Crippen LogP contribution in [0.5, 0.6) is 0 Å². The third-order valence-electron chi connectivity index (χ3n) is 5.79. The topological polar surface area (TPSA) is 0 Å². The fraction of sp³-hybridized carbons (Fsp3) is 0. The minimum Gasteiger partial charge on any atom is -0.204 e. The van der Waals surface area contributed by atoms with Crippen molar-refractivity contribution in [2.24, 2.45) is 0 Å². The molecular formula is C30H18F4. The van der Waals surface area contributed by atoms with Crippen LogP contribution in [-0.4, -0.2) is 0 Å². The van der Waals surface area contributed by atoms with Crippen LogP contribution in [0.4, 0.5) is 17.6 Å². The van der Waals surface area contributed by atoms with Crippen LogP contribution in [0.2, 0.25) is 0 Å². The van der Waals surface area contributed by atoms with Gasteiger partial charge in [0.15, 0.2) is 23.3 Å². The Morgan fingerprint density at radius 2 is 0.853 bits per heavy atom. The highest BCUT2D eigenvalue weighted by atomic mass is 19.2. The third-order valence-corrected chi connectivity index (χ3v) is 5.79. The van der Waals surface area contributed by atoms with E-state index in [1.54, 1.807) is 12.2 Å². The normalized spacial score (nSPS) is 13.0. The second-order valence-electron chi connectivity index (χ2n) is 7.90. The number of allylic oxidation sites excluding steroid dienone is 5. The van der Waals surface area contributed by atoms with Crippen LogP contribution < -0.4 is 0 Å². The van der Waals surface area contributed by atoms with Gasteiger partial charge in [0.1, 0.15) is 0 Å². The first-order valence-corrected chi connectivity index (χ1v) is 10.7. The summed E-state index contributed by atoms with van der Waals surface area (Å²) in [5.74, 6) is -3.79. The average molecular weight is 454 g/mol. The average Bonchev–Trinajstić information content (AvgIpc) is 3.29. The Balaban J connectivity index is 1.82. The second kappa shape index (κ2) is 8.99. The highest BCUT2D eigenvalue weighted by molar-refractivity contribution is 6.12. The fourth-order valence-corrected chi connectivity index (χ4v) is 4.22. The van der Waals surface area contributed by atoms with Crippen LogP contribution in [-0.2, 0) is 0 Å². The van der Waals surface area contributed by atoms with Crippen molar-refractivity contribution in [3.63, 3.8) is 0 Å². The van der Waals surface area contributed by atoms with Crippen LogP contribution in [0.1, 0.15) is 22.3 Å². The molecule has 5 rings (SSSR count). The van der Waals surface area contributed by atoms with E-state index < -0.39 is 23.3 Å². The van der Waals surface area contributed by atoms with Gasteiger partial charge < -0.3 is 0 Å². The lowest BCUT2D eigenvalue weighted by Gasteiger charge is -2.20. The molecule has 4 aromatic rings. The van der Waals surface area contributed by atoms with E-state index in [9.17, 15) is 17.6 Å². The lowest BCUT2D eigenvalue weighted by atomic mass is 9.83. The van der Waals surface area contributed by atoms with Gasteiger partial charge in [0.2, 0.25) is 0 Å². The Morgan fingerprint density at radius 1 is 0.441 bits per heavy atom. The molecule has 0 atom stereocenters. The lowest BCUT2D eigenvalue weighted by molar-refractivity contribution is 0.508. The third kappa shape index (κ3) is 3.99. The molecule has 0 aromatic heterocycles. The van der Waals surface area contributed by atoms with Crippen molar-refractivity contribution in [2.45, 2.75) is 0 Å². The number of rotatable bonds is 4. The molecule has 0 nitrogen and oxygen atoms in total. The predicted octanol–water partition coefficient (Wildman–Crippen LogP) is 8.23. The summed E-state index contributed by atoms with van der Waals surface area (Å²) in [6.45, 7) is 0.